The number of aliphatic imine (C=N–C) groups is 2. The second kappa shape index (κ2) is 11.7. The Morgan fingerprint density at radius 3 is 1.12 bits per heavy atom. The summed E-state index contributed by atoms with van der Waals surface area (Å²) in [4.78, 5) is 62.9. The lowest BCUT2D eigenvalue weighted by Crippen LogP contribution is -2.53. The van der Waals surface area contributed by atoms with E-state index in [0.717, 1.165) is 12.4 Å². The molecule has 0 radical (unpaired) electrons. The monoisotopic (exact) mass is 818 g/mol. The summed E-state index contributed by atoms with van der Waals surface area (Å²) >= 11 is 39.0. The van der Waals surface area contributed by atoms with Crippen molar-refractivity contribution in [3.05, 3.63) is 99.2 Å². The van der Waals surface area contributed by atoms with Crippen LogP contribution < -0.4 is 10.4 Å². The van der Waals surface area contributed by atoms with Crippen LogP contribution in [0.2, 0.25) is 30.1 Å². The van der Waals surface area contributed by atoms with Crippen LogP contribution in [0, 0.1) is 10.8 Å². The SMILES string of the molecule is CC1(C(=O)O)C=Nc2c3c4c(c5c2=C1C(C(=O)O)(c1c(Cl)cc(Cl)cc1Cl)C=C5)N=CC(C)(C(=O)O)C=4C(C(=O)O)(c1c(Cl)cc(Cl)cc1Cl)C=C3. The van der Waals surface area contributed by atoms with Crippen LogP contribution in [0.4, 0.5) is 11.4 Å². The molecular weight excluding hydrogens is 801 g/mol. The smallest absolute Gasteiger partial charge is 0.322 e. The van der Waals surface area contributed by atoms with E-state index in [-0.39, 0.29) is 85.3 Å². The van der Waals surface area contributed by atoms with Crippen molar-refractivity contribution in [3.63, 3.8) is 0 Å². The van der Waals surface area contributed by atoms with Gasteiger partial charge in [0.2, 0.25) is 0 Å². The molecule has 264 valence electrons. The van der Waals surface area contributed by atoms with Gasteiger partial charge in [-0.15, -0.1) is 0 Å². The number of benzene rings is 3. The van der Waals surface area contributed by atoms with Gasteiger partial charge in [0.05, 0.1) is 11.4 Å². The molecule has 7 rings (SSSR count). The van der Waals surface area contributed by atoms with E-state index in [2.05, 4.69) is 9.98 Å². The molecule has 4 unspecified atom stereocenters. The minimum atomic E-state index is -2.32. The Morgan fingerprint density at radius 2 is 0.846 bits per heavy atom. The van der Waals surface area contributed by atoms with Crippen molar-refractivity contribution in [2.75, 3.05) is 0 Å². The van der Waals surface area contributed by atoms with Crippen molar-refractivity contribution in [3.8, 4) is 0 Å². The Hall–Kier alpha value is -4.16. The fourth-order valence-corrected chi connectivity index (χ4v) is 10.1. The highest BCUT2D eigenvalue weighted by molar-refractivity contribution is 6.41. The predicted octanol–water partition coefficient (Wildman–Crippen LogP) is 7.62. The number of nitrogens with zero attached hydrogens (tertiary/aromatic N) is 2. The van der Waals surface area contributed by atoms with Crippen LogP contribution in [0.5, 0.6) is 0 Å². The quantitative estimate of drug-likeness (QED) is 0.197. The van der Waals surface area contributed by atoms with E-state index in [4.69, 9.17) is 69.6 Å². The fraction of sp³-hybridized carbons (Fsp3) is 0.167. The van der Waals surface area contributed by atoms with Gasteiger partial charge in [0.25, 0.3) is 0 Å². The largest absolute Gasteiger partial charge is 0.480 e. The van der Waals surface area contributed by atoms with Crippen LogP contribution >= 0.6 is 69.6 Å². The predicted molar refractivity (Wildman–Crippen MR) is 200 cm³/mol. The Labute approximate surface area is 323 Å². The molecule has 0 bridgehead atoms. The van der Waals surface area contributed by atoms with Gasteiger partial charge in [0.1, 0.15) is 21.7 Å². The van der Waals surface area contributed by atoms with Gasteiger partial charge in [0.15, 0.2) is 0 Å². The lowest BCUT2D eigenvalue weighted by atomic mass is 9.58. The summed E-state index contributed by atoms with van der Waals surface area (Å²) in [5, 5.41) is 43.3. The highest BCUT2D eigenvalue weighted by atomic mass is 35.5. The highest BCUT2D eigenvalue weighted by Gasteiger charge is 2.59. The molecule has 3 aromatic rings. The summed E-state index contributed by atoms with van der Waals surface area (Å²) < 4.78 is 0. The van der Waals surface area contributed by atoms with Gasteiger partial charge in [-0.2, -0.15) is 0 Å². The maximum Gasteiger partial charge on any atom is 0.322 e. The second-order valence-electron chi connectivity index (χ2n) is 12.9. The number of carbonyl (C=O) groups is 4. The highest BCUT2D eigenvalue weighted by Crippen LogP contribution is 2.56. The molecule has 0 saturated heterocycles. The Bertz CT molecular complexity index is 2320. The molecule has 2 heterocycles. The van der Waals surface area contributed by atoms with Crippen LogP contribution in [0.1, 0.15) is 36.1 Å². The number of carboxylic acid groups (broad SMARTS) is 4. The molecule has 10 nitrogen and oxygen atoms in total. The van der Waals surface area contributed by atoms with Gasteiger partial charge in [-0.3, -0.25) is 29.2 Å². The van der Waals surface area contributed by atoms with E-state index in [0.29, 0.717) is 0 Å². The summed E-state index contributed by atoms with van der Waals surface area (Å²) in [6.45, 7) is 2.55. The van der Waals surface area contributed by atoms with Gasteiger partial charge in [0, 0.05) is 75.3 Å². The zero-order chi connectivity index (χ0) is 38.0. The van der Waals surface area contributed by atoms with Gasteiger partial charge in [-0.1, -0.05) is 93.9 Å². The molecule has 0 amide bonds. The summed E-state index contributed by atoms with van der Waals surface area (Å²) in [7, 11) is 0. The van der Waals surface area contributed by atoms with E-state index in [9.17, 15) is 39.6 Å². The number of hydrogen-bond acceptors (Lipinski definition) is 6. The summed E-state index contributed by atoms with van der Waals surface area (Å²) in [5.74, 6) is -5.98. The van der Waals surface area contributed by atoms with Crippen LogP contribution in [-0.4, -0.2) is 56.7 Å². The third-order valence-electron chi connectivity index (χ3n) is 10.1. The molecule has 2 aliphatic heterocycles. The molecule has 16 heteroatoms. The van der Waals surface area contributed by atoms with E-state index in [1.165, 1.54) is 62.4 Å². The number of halogens is 6. The van der Waals surface area contributed by atoms with Crippen LogP contribution in [0.15, 0.2) is 46.4 Å². The Balaban J connectivity index is 1.78. The first-order valence-corrected chi connectivity index (χ1v) is 17.3. The van der Waals surface area contributed by atoms with Crippen molar-refractivity contribution < 1.29 is 39.6 Å². The molecule has 3 aromatic carbocycles. The number of carboxylic acids is 4. The van der Waals surface area contributed by atoms with Gasteiger partial charge in [-0.25, -0.2) is 0 Å². The molecule has 0 saturated carbocycles. The molecule has 0 spiro atoms. The van der Waals surface area contributed by atoms with E-state index in [1.807, 2.05) is 0 Å². The van der Waals surface area contributed by atoms with Crippen molar-refractivity contribution in [2.24, 2.45) is 20.8 Å². The Kier molecular flexibility index (Phi) is 8.13. The van der Waals surface area contributed by atoms with Gasteiger partial charge in [-0.05, 0) is 49.3 Å². The first-order chi connectivity index (χ1) is 24.3. The molecular formula is C36H20Cl6N2O8. The standard InChI is InChI=1S/C36H20Cl6N2O8/c1-33(29(45)46)11-43-25-16-4-6-36(32(51)52,24-19(41)9-14(38)10-20(24)42)28-22(16)26(44-12-34(28,2)30(47)48)15-3-5-35(31(49)50,27(33)21(15)25)23-17(39)7-13(37)8-18(23)40/h3-12H,1-2H3,(H,45,46)(H,47,48)(H,49,50)(H,51,52). The summed E-state index contributed by atoms with van der Waals surface area (Å²) in [6, 6.07) is 5.13. The van der Waals surface area contributed by atoms with Crippen LogP contribution in [0.25, 0.3) is 23.3 Å². The van der Waals surface area contributed by atoms with Crippen molar-refractivity contribution in [1.82, 2.24) is 0 Å². The Morgan fingerprint density at radius 1 is 0.538 bits per heavy atom. The second-order valence-corrected chi connectivity index (χ2v) is 15.4. The van der Waals surface area contributed by atoms with Crippen molar-refractivity contribution >= 4 is 141 Å². The molecule has 52 heavy (non-hydrogen) atoms. The minimum absolute atomic E-state index is 0.0181. The molecule has 4 aliphatic rings. The number of fused-ring (bicyclic) bond motifs is 2. The molecule has 0 aromatic heterocycles. The van der Waals surface area contributed by atoms with Crippen LogP contribution in [-0.2, 0) is 30.0 Å². The zero-order valence-electron chi connectivity index (χ0n) is 26.4. The fourth-order valence-electron chi connectivity index (χ4n) is 7.84. The average Bonchev–Trinajstić information content (AvgIpc) is 3.04. The third-order valence-corrected chi connectivity index (χ3v) is 11.7. The molecule has 2 aliphatic carbocycles. The lowest BCUT2D eigenvalue weighted by Gasteiger charge is -2.44. The molecule has 4 N–H and O–H groups in total. The first-order valence-electron chi connectivity index (χ1n) is 15.0. The van der Waals surface area contributed by atoms with Gasteiger partial charge < -0.3 is 20.4 Å². The van der Waals surface area contributed by atoms with E-state index >= 15 is 0 Å². The van der Waals surface area contributed by atoms with Gasteiger partial charge >= 0.3 is 23.9 Å². The summed E-state index contributed by atoms with van der Waals surface area (Å²) in [5.41, 5.74) is -9.29. The first kappa shape index (κ1) is 36.2. The maximum absolute atomic E-state index is 13.7. The minimum Gasteiger partial charge on any atom is -0.480 e. The number of hydrogen-bond donors (Lipinski definition) is 4. The molecule has 4 atom stereocenters. The van der Waals surface area contributed by atoms with E-state index < -0.39 is 45.5 Å². The maximum atomic E-state index is 13.7. The topological polar surface area (TPSA) is 174 Å². The third kappa shape index (κ3) is 4.45. The molecule has 0 fully saturated rings. The summed E-state index contributed by atoms with van der Waals surface area (Å²) in [6.07, 6.45) is 7.32. The zero-order valence-corrected chi connectivity index (χ0v) is 30.9. The lowest BCUT2D eigenvalue weighted by molar-refractivity contribution is -0.144. The normalized spacial score (nSPS) is 26.2. The van der Waals surface area contributed by atoms with Crippen molar-refractivity contribution in [1.29, 1.82) is 0 Å². The van der Waals surface area contributed by atoms with Crippen molar-refractivity contribution in [2.45, 2.75) is 24.7 Å². The number of aliphatic carboxylic acids is 4. The van der Waals surface area contributed by atoms with E-state index in [1.54, 1.807) is 0 Å². The number of rotatable bonds is 6. The average molecular weight is 821 g/mol. The van der Waals surface area contributed by atoms with Crippen LogP contribution in [0.3, 0.4) is 0 Å².